The lowest BCUT2D eigenvalue weighted by atomic mass is 10.2. The molecule has 0 amide bonds. The molecule has 0 saturated heterocycles. The Balaban J connectivity index is 1.85. The van der Waals surface area contributed by atoms with E-state index in [0.29, 0.717) is 6.42 Å². The summed E-state index contributed by atoms with van der Waals surface area (Å²) in [6, 6.07) is 2.19. The molecule has 1 aromatic heterocycles. The first-order chi connectivity index (χ1) is 8.35. The molecule has 92 valence electrons. The second-order valence-electron chi connectivity index (χ2n) is 4.43. The van der Waals surface area contributed by atoms with Crippen molar-refractivity contribution in [2.75, 3.05) is 13.1 Å². The first-order valence-corrected chi connectivity index (χ1v) is 6.35. The Hall–Kier alpha value is -1.41. The fourth-order valence-corrected chi connectivity index (χ4v) is 2.26. The number of hydrogen-bond donors (Lipinski definition) is 0. The van der Waals surface area contributed by atoms with Gasteiger partial charge in [-0.3, -0.25) is 4.90 Å². The molecule has 0 atom stereocenters. The summed E-state index contributed by atoms with van der Waals surface area (Å²) in [6.07, 6.45) is 3.72. The Morgan fingerprint density at radius 1 is 1.29 bits per heavy atom. The van der Waals surface area contributed by atoms with Crippen LogP contribution in [0.5, 0.6) is 0 Å². The number of nitriles is 1. The predicted molar refractivity (Wildman–Crippen MR) is 64.1 cm³/mol. The quantitative estimate of drug-likeness (QED) is 0.720. The van der Waals surface area contributed by atoms with E-state index >= 15 is 0 Å². The van der Waals surface area contributed by atoms with Crippen LogP contribution in [-0.4, -0.2) is 32.8 Å². The molecule has 17 heavy (non-hydrogen) atoms. The maximum atomic E-state index is 8.48. The van der Waals surface area contributed by atoms with E-state index in [1.54, 1.807) is 0 Å². The molecular formula is C12H19N5. The minimum Gasteiger partial charge on any atom is -0.313 e. The zero-order valence-corrected chi connectivity index (χ0v) is 10.4. The number of aryl methyl sites for hydroxylation is 1. The van der Waals surface area contributed by atoms with Crippen molar-refractivity contribution in [3.63, 3.8) is 0 Å². The lowest BCUT2D eigenvalue weighted by molar-refractivity contribution is 0.212. The Labute approximate surface area is 102 Å². The van der Waals surface area contributed by atoms with E-state index in [4.69, 9.17) is 5.26 Å². The average molecular weight is 233 g/mol. The summed E-state index contributed by atoms with van der Waals surface area (Å²) in [7, 11) is 0. The number of aromatic nitrogens is 3. The molecule has 0 spiro atoms. The molecule has 0 bridgehead atoms. The first-order valence-electron chi connectivity index (χ1n) is 6.35. The zero-order chi connectivity index (χ0) is 12.1. The minimum atomic E-state index is 0.671. The highest BCUT2D eigenvalue weighted by Crippen LogP contribution is 2.13. The van der Waals surface area contributed by atoms with Gasteiger partial charge in [0.2, 0.25) is 0 Å². The second-order valence-corrected chi connectivity index (χ2v) is 4.43. The van der Waals surface area contributed by atoms with Crippen LogP contribution in [0, 0.1) is 11.3 Å². The van der Waals surface area contributed by atoms with Gasteiger partial charge in [-0.05, 0) is 19.4 Å². The van der Waals surface area contributed by atoms with Crippen molar-refractivity contribution in [3.05, 3.63) is 11.6 Å². The Morgan fingerprint density at radius 2 is 2.18 bits per heavy atom. The third-order valence-corrected chi connectivity index (χ3v) is 3.24. The smallest absolute Gasteiger partial charge is 0.147 e. The summed E-state index contributed by atoms with van der Waals surface area (Å²) in [5.74, 6) is 2.19. The van der Waals surface area contributed by atoms with Gasteiger partial charge in [0.05, 0.1) is 12.6 Å². The number of unbranched alkanes of at least 4 members (excludes halogenated alkanes) is 2. The molecule has 5 nitrogen and oxygen atoms in total. The third kappa shape index (κ3) is 2.83. The number of nitrogens with zero attached hydrogens (tertiary/aromatic N) is 5. The van der Waals surface area contributed by atoms with Crippen LogP contribution in [0.4, 0.5) is 0 Å². The Morgan fingerprint density at radius 3 is 2.94 bits per heavy atom. The SMILES string of the molecule is CCc1nnc2n1CCN(CCCCC#N)C2. The van der Waals surface area contributed by atoms with Gasteiger partial charge in [0, 0.05) is 25.9 Å². The Kier molecular flexibility index (Phi) is 4.10. The van der Waals surface area contributed by atoms with Gasteiger partial charge in [0.25, 0.3) is 0 Å². The van der Waals surface area contributed by atoms with Gasteiger partial charge in [0.1, 0.15) is 11.6 Å². The molecule has 0 radical (unpaired) electrons. The van der Waals surface area contributed by atoms with Crippen molar-refractivity contribution in [2.24, 2.45) is 0 Å². The monoisotopic (exact) mass is 233 g/mol. The highest BCUT2D eigenvalue weighted by atomic mass is 15.3. The molecule has 5 heteroatoms. The second kappa shape index (κ2) is 5.78. The summed E-state index contributed by atoms with van der Waals surface area (Å²) in [5, 5.41) is 16.9. The van der Waals surface area contributed by atoms with Crippen molar-refractivity contribution in [1.82, 2.24) is 19.7 Å². The van der Waals surface area contributed by atoms with Gasteiger partial charge < -0.3 is 4.57 Å². The summed E-state index contributed by atoms with van der Waals surface area (Å²) in [6.45, 7) is 6.16. The molecule has 1 aliphatic rings. The maximum Gasteiger partial charge on any atom is 0.147 e. The number of fused-ring (bicyclic) bond motifs is 1. The molecule has 0 fully saturated rings. The van der Waals surface area contributed by atoms with Crippen LogP contribution in [0.3, 0.4) is 0 Å². The topological polar surface area (TPSA) is 57.7 Å². The molecule has 0 saturated carbocycles. The van der Waals surface area contributed by atoms with E-state index in [-0.39, 0.29) is 0 Å². The van der Waals surface area contributed by atoms with E-state index in [1.807, 2.05) is 0 Å². The zero-order valence-electron chi connectivity index (χ0n) is 10.4. The van der Waals surface area contributed by atoms with E-state index in [0.717, 1.165) is 57.1 Å². The predicted octanol–water partition coefficient (Wildman–Crippen LogP) is 1.35. The normalized spacial score (nSPS) is 15.5. The number of rotatable bonds is 5. The maximum absolute atomic E-state index is 8.48. The van der Waals surface area contributed by atoms with E-state index in [2.05, 4.69) is 32.7 Å². The van der Waals surface area contributed by atoms with Gasteiger partial charge in [-0.1, -0.05) is 6.92 Å². The first kappa shape index (κ1) is 12.1. The fourth-order valence-electron chi connectivity index (χ4n) is 2.26. The fraction of sp³-hybridized carbons (Fsp3) is 0.750. The van der Waals surface area contributed by atoms with Gasteiger partial charge in [0.15, 0.2) is 0 Å². The van der Waals surface area contributed by atoms with Crippen LogP contribution in [0.1, 0.15) is 37.8 Å². The summed E-state index contributed by atoms with van der Waals surface area (Å²) < 4.78 is 2.24. The highest BCUT2D eigenvalue weighted by Gasteiger charge is 2.19. The third-order valence-electron chi connectivity index (χ3n) is 3.24. The molecule has 0 aromatic carbocycles. The molecule has 1 aromatic rings. The van der Waals surface area contributed by atoms with Crippen LogP contribution in [0.2, 0.25) is 0 Å². The molecular weight excluding hydrogens is 214 g/mol. The minimum absolute atomic E-state index is 0.671. The largest absolute Gasteiger partial charge is 0.313 e. The van der Waals surface area contributed by atoms with Crippen molar-refractivity contribution in [1.29, 1.82) is 5.26 Å². The van der Waals surface area contributed by atoms with Crippen LogP contribution in [0.25, 0.3) is 0 Å². The van der Waals surface area contributed by atoms with Gasteiger partial charge >= 0.3 is 0 Å². The Bertz CT molecular complexity index is 404. The van der Waals surface area contributed by atoms with Crippen molar-refractivity contribution < 1.29 is 0 Å². The standard InChI is InChI=1S/C12H19N5/c1-2-11-14-15-12-10-16(8-9-17(11)12)7-5-3-4-6-13/h2-5,7-10H2,1H3. The van der Waals surface area contributed by atoms with Crippen LogP contribution in [0.15, 0.2) is 0 Å². The number of hydrogen-bond acceptors (Lipinski definition) is 4. The highest BCUT2D eigenvalue weighted by molar-refractivity contribution is 4.98. The van der Waals surface area contributed by atoms with Crippen LogP contribution in [-0.2, 0) is 19.5 Å². The van der Waals surface area contributed by atoms with Gasteiger partial charge in [-0.25, -0.2) is 0 Å². The van der Waals surface area contributed by atoms with Gasteiger partial charge in [-0.2, -0.15) is 5.26 Å². The van der Waals surface area contributed by atoms with E-state index in [1.165, 1.54) is 0 Å². The van der Waals surface area contributed by atoms with Crippen molar-refractivity contribution >= 4 is 0 Å². The van der Waals surface area contributed by atoms with Crippen LogP contribution >= 0.6 is 0 Å². The molecule has 0 unspecified atom stereocenters. The van der Waals surface area contributed by atoms with Crippen molar-refractivity contribution in [3.8, 4) is 6.07 Å². The van der Waals surface area contributed by atoms with E-state index in [9.17, 15) is 0 Å². The molecule has 2 rings (SSSR count). The lowest BCUT2D eigenvalue weighted by Crippen LogP contribution is -2.35. The summed E-state index contributed by atoms with van der Waals surface area (Å²) >= 11 is 0. The van der Waals surface area contributed by atoms with Crippen molar-refractivity contribution in [2.45, 2.75) is 45.7 Å². The average Bonchev–Trinajstić information content (AvgIpc) is 2.77. The summed E-state index contributed by atoms with van der Waals surface area (Å²) in [4.78, 5) is 2.40. The summed E-state index contributed by atoms with van der Waals surface area (Å²) in [5.41, 5.74) is 0. The molecule has 1 aliphatic heterocycles. The lowest BCUT2D eigenvalue weighted by Gasteiger charge is -2.27. The van der Waals surface area contributed by atoms with Crippen LogP contribution < -0.4 is 0 Å². The van der Waals surface area contributed by atoms with E-state index < -0.39 is 0 Å². The van der Waals surface area contributed by atoms with Gasteiger partial charge in [-0.15, -0.1) is 10.2 Å². The molecule has 0 N–H and O–H groups in total. The molecule has 2 heterocycles. The molecule has 0 aliphatic carbocycles.